The first-order valence-corrected chi connectivity index (χ1v) is 23.9. The third kappa shape index (κ3) is 26.5. The zero-order chi connectivity index (χ0) is 50.6. The molecule has 0 aliphatic rings. The van der Waals surface area contributed by atoms with Crippen molar-refractivity contribution in [1.82, 2.24) is 25.1 Å². The van der Waals surface area contributed by atoms with Crippen molar-refractivity contribution >= 4 is 11.6 Å². The van der Waals surface area contributed by atoms with Gasteiger partial charge >= 0.3 is 0 Å². The van der Waals surface area contributed by atoms with Crippen molar-refractivity contribution in [2.75, 3.05) is 0 Å². The van der Waals surface area contributed by atoms with Crippen LogP contribution in [0.15, 0.2) is 79.5 Å². The highest BCUT2D eigenvalue weighted by molar-refractivity contribution is 6.30. The first-order chi connectivity index (χ1) is 29.0. The minimum absolute atomic E-state index is 0.0775. The molecule has 1 aromatic carbocycles. The monoisotopic (exact) mass is 888 g/mol. The van der Waals surface area contributed by atoms with E-state index < -0.39 is 0 Å². The van der Waals surface area contributed by atoms with E-state index in [1.807, 2.05) is 99.4 Å². The summed E-state index contributed by atoms with van der Waals surface area (Å²) in [6.07, 6.45) is 9.42. The van der Waals surface area contributed by atoms with Gasteiger partial charge in [-0.05, 0) is 113 Å². The van der Waals surface area contributed by atoms with Gasteiger partial charge in [0.25, 0.3) is 0 Å². The van der Waals surface area contributed by atoms with Crippen LogP contribution >= 0.6 is 11.6 Å². The van der Waals surface area contributed by atoms with Gasteiger partial charge in [0.05, 0.1) is 0 Å². The molecule has 0 unspecified atom stereocenters. The number of benzene rings is 1. The molecule has 1 N–H and O–H groups in total. The summed E-state index contributed by atoms with van der Waals surface area (Å²) in [6, 6.07) is 16.8. The first-order valence-electron chi connectivity index (χ1n) is 23.5. The molecule has 0 radical (unpaired) electrons. The quantitative estimate of drug-likeness (QED) is 0.168. The van der Waals surface area contributed by atoms with E-state index in [4.69, 9.17) is 11.6 Å². The van der Waals surface area contributed by atoms with Gasteiger partial charge in [-0.15, -0.1) is 0 Å². The molecule has 0 aliphatic heterocycles. The molecule has 0 saturated heterocycles. The number of aromatic nitrogens is 5. The van der Waals surface area contributed by atoms with Gasteiger partial charge in [0.1, 0.15) is 0 Å². The van der Waals surface area contributed by atoms with Gasteiger partial charge in [-0.25, -0.2) is 0 Å². The molecular formula is C57H98ClN5. The third-order valence-electron chi connectivity index (χ3n) is 9.00. The molecule has 0 fully saturated rings. The summed E-state index contributed by atoms with van der Waals surface area (Å²) < 4.78 is 0. The lowest BCUT2D eigenvalue weighted by molar-refractivity contribution is 0.564. The van der Waals surface area contributed by atoms with Crippen LogP contribution in [0.4, 0.5) is 0 Å². The summed E-state index contributed by atoms with van der Waals surface area (Å²) in [7, 11) is 0. The van der Waals surface area contributed by atoms with Gasteiger partial charge in [0.2, 0.25) is 0 Å². The lowest BCUT2D eigenvalue weighted by Crippen LogP contribution is -2.14. The summed E-state index contributed by atoms with van der Waals surface area (Å²) in [6.45, 7) is 59.4. The smallest absolute Gasteiger partial charge is 0.154 e. The molecule has 5 rings (SSSR count). The maximum Gasteiger partial charge on any atom is 0.154 e. The molecule has 0 aliphatic carbocycles. The van der Waals surface area contributed by atoms with Gasteiger partial charge in [-0.1, -0.05) is 201 Å². The van der Waals surface area contributed by atoms with Gasteiger partial charge in [0.15, 0.2) is 5.15 Å². The van der Waals surface area contributed by atoms with E-state index in [2.05, 4.69) is 199 Å². The van der Waals surface area contributed by atoms with E-state index >= 15 is 0 Å². The fourth-order valence-electron chi connectivity index (χ4n) is 6.52. The maximum absolute atomic E-state index is 5.89. The van der Waals surface area contributed by atoms with E-state index in [1.165, 1.54) is 44.6 Å². The van der Waals surface area contributed by atoms with Crippen LogP contribution in [-0.2, 0) is 27.1 Å². The molecule has 5 nitrogen and oxygen atoms in total. The molecule has 4 aromatic heterocycles. The summed E-state index contributed by atoms with van der Waals surface area (Å²) in [5.41, 5.74) is 13.8. The largest absolute Gasteiger partial charge is 0.281 e. The molecular weight excluding hydrogens is 790 g/mol. The van der Waals surface area contributed by atoms with Crippen molar-refractivity contribution in [3.8, 4) is 0 Å². The molecule has 6 heteroatoms. The second-order valence-electron chi connectivity index (χ2n) is 19.6. The number of hydrogen-bond acceptors (Lipinski definition) is 4. The zero-order valence-electron chi connectivity index (χ0n) is 46.2. The molecule has 0 saturated carbocycles. The summed E-state index contributed by atoms with van der Waals surface area (Å²) >= 11 is 5.89. The average molecular weight is 889 g/mol. The highest BCUT2D eigenvalue weighted by Gasteiger charge is 2.22. The Morgan fingerprint density at radius 3 is 1.11 bits per heavy atom. The third-order valence-corrected chi connectivity index (χ3v) is 9.27. The van der Waals surface area contributed by atoms with Crippen molar-refractivity contribution in [2.24, 2.45) is 0 Å². The van der Waals surface area contributed by atoms with Crippen LogP contribution in [0.2, 0.25) is 5.15 Å². The first kappa shape index (κ1) is 65.8. The molecule has 0 bridgehead atoms. The predicted octanol–water partition coefficient (Wildman–Crippen LogP) is 18.1. The van der Waals surface area contributed by atoms with Crippen LogP contribution in [0.5, 0.6) is 0 Å². The Labute approximate surface area is 396 Å². The predicted molar refractivity (Wildman–Crippen MR) is 285 cm³/mol. The molecule has 4 heterocycles. The van der Waals surface area contributed by atoms with Crippen LogP contribution in [-0.4, -0.2) is 25.1 Å². The molecule has 5 aromatic rings. The minimum Gasteiger partial charge on any atom is -0.281 e. The lowest BCUT2D eigenvalue weighted by Gasteiger charge is -2.21. The van der Waals surface area contributed by atoms with Crippen LogP contribution < -0.4 is 0 Å². The van der Waals surface area contributed by atoms with Crippen LogP contribution in [0, 0.1) is 34.6 Å². The van der Waals surface area contributed by atoms with Crippen molar-refractivity contribution < 1.29 is 0 Å². The van der Waals surface area contributed by atoms with Crippen molar-refractivity contribution in [1.29, 1.82) is 0 Å². The van der Waals surface area contributed by atoms with Gasteiger partial charge in [-0.2, -0.15) is 5.10 Å². The van der Waals surface area contributed by atoms with Crippen LogP contribution in [0.25, 0.3) is 0 Å². The molecule has 0 atom stereocenters. The average Bonchev–Trinajstić information content (AvgIpc) is 3.56. The van der Waals surface area contributed by atoms with Crippen molar-refractivity contribution in [2.45, 2.75) is 221 Å². The van der Waals surface area contributed by atoms with E-state index in [0.717, 1.165) is 11.3 Å². The Hall–Kier alpha value is -3.83. The van der Waals surface area contributed by atoms with Crippen molar-refractivity contribution in [3.05, 3.63) is 141 Å². The Bertz CT molecular complexity index is 1640. The van der Waals surface area contributed by atoms with Crippen LogP contribution in [0.3, 0.4) is 0 Å². The second kappa shape index (κ2) is 31.9. The Morgan fingerprint density at radius 1 is 0.413 bits per heavy atom. The van der Waals surface area contributed by atoms with E-state index in [-0.39, 0.29) is 27.1 Å². The number of H-pyrrole nitrogens is 1. The SMILES string of the molecule is CC.CC.CC.CC.Cc1[nH]nc(Cl)c1C(C)(C)C.Cc1ccccc1C(C)(C)C.Cc1cccnc1C(C)(C)C.Cc1ccncc1C(C)(C)C.Cc1cnccc1C(C)(C)C. The summed E-state index contributed by atoms with van der Waals surface area (Å²) in [5.74, 6) is 0. The molecule has 0 spiro atoms. The lowest BCUT2D eigenvalue weighted by atomic mass is 9.84. The standard InChI is InChI=1S/C11H16.3C10H15N.C8H13ClN2.4C2H6/c1-9-7-5-6-8-10(9)11(2,3)4;1-8-7-11-6-5-9(8)10(2,3)4;1-8-5-6-11-7-9(8)10(2,3)4;1-8-6-5-7-11-9(8)10(2,3)4;1-5-6(8(2,3)4)7(9)11-10-5;4*1-2/h5-8H,1-4H3;3*5-7H,1-4H3;1-4H3,(H,10,11);4*1-2H3. The summed E-state index contributed by atoms with van der Waals surface area (Å²) in [4.78, 5) is 12.5. The number of nitrogens with zero attached hydrogens (tertiary/aromatic N) is 4. The number of halogens is 1. The van der Waals surface area contributed by atoms with Gasteiger partial charge in [0, 0.05) is 53.4 Å². The number of rotatable bonds is 0. The van der Waals surface area contributed by atoms with E-state index in [0.29, 0.717) is 5.15 Å². The number of pyridine rings is 3. The molecule has 63 heavy (non-hydrogen) atoms. The Kier molecular flexibility index (Phi) is 33.3. The van der Waals surface area contributed by atoms with E-state index in [9.17, 15) is 0 Å². The Balaban J connectivity index is -0.000000331. The number of nitrogens with one attached hydrogen (secondary N) is 1. The van der Waals surface area contributed by atoms with Gasteiger partial charge in [-0.3, -0.25) is 20.1 Å². The van der Waals surface area contributed by atoms with Gasteiger partial charge < -0.3 is 0 Å². The van der Waals surface area contributed by atoms with Crippen molar-refractivity contribution in [3.63, 3.8) is 0 Å². The maximum atomic E-state index is 5.89. The molecule has 358 valence electrons. The fourth-order valence-corrected chi connectivity index (χ4v) is 6.99. The highest BCUT2D eigenvalue weighted by Crippen LogP contribution is 2.30. The minimum atomic E-state index is 0.0775. The number of hydrogen-bond donors (Lipinski definition) is 1. The van der Waals surface area contributed by atoms with Crippen LogP contribution in [0.1, 0.15) is 215 Å². The topological polar surface area (TPSA) is 67.3 Å². The number of aryl methyl sites for hydroxylation is 5. The highest BCUT2D eigenvalue weighted by atomic mass is 35.5. The fraction of sp³-hybridized carbons (Fsp3) is 0.579. The zero-order valence-corrected chi connectivity index (χ0v) is 46.9. The molecule has 0 amide bonds. The van der Waals surface area contributed by atoms with E-state index in [1.54, 1.807) is 0 Å². The number of aromatic amines is 1. The second-order valence-corrected chi connectivity index (χ2v) is 20.0. The normalized spacial score (nSPS) is 10.6. The summed E-state index contributed by atoms with van der Waals surface area (Å²) in [5, 5.41) is 7.38. The Morgan fingerprint density at radius 2 is 0.825 bits per heavy atom.